The lowest BCUT2D eigenvalue weighted by Gasteiger charge is -2.56. The molecule has 5 aliphatic rings. The molecular formula is C27H39N3O3. The number of amides is 2. The Labute approximate surface area is 198 Å². The van der Waals surface area contributed by atoms with E-state index < -0.39 is 0 Å². The Bertz CT molecular complexity index is 809. The first-order valence-electron chi connectivity index (χ1n) is 13.0. The van der Waals surface area contributed by atoms with E-state index in [2.05, 4.69) is 22.3 Å². The van der Waals surface area contributed by atoms with Gasteiger partial charge in [0.1, 0.15) is 5.75 Å². The molecule has 0 radical (unpaired) electrons. The van der Waals surface area contributed by atoms with Gasteiger partial charge in [0.2, 0.25) is 11.8 Å². The van der Waals surface area contributed by atoms with Crippen molar-refractivity contribution in [3.05, 3.63) is 29.8 Å². The monoisotopic (exact) mass is 453 g/mol. The number of hydrogen-bond donors (Lipinski definition) is 1. The average Bonchev–Trinajstić information content (AvgIpc) is 2.78. The summed E-state index contributed by atoms with van der Waals surface area (Å²) in [4.78, 5) is 29.7. The summed E-state index contributed by atoms with van der Waals surface area (Å²) in [6, 6.07) is 8.26. The second-order valence-corrected chi connectivity index (χ2v) is 11.1. The molecule has 4 saturated carbocycles. The molecule has 180 valence electrons. The smallest absolute Gasteiger partial charge is 0.242 e. The fraction of sp³-hybridized carbons (Fsp3) is 0.704. The van der Waals surface area contributed by atoms with Crippen LogP contribution in [0.2, 0.25) is 0 Å². The largest absolute Gasteiger partial charge is 0.494 e. The average molecular weight is 454 g/mol. The van der Waals surface area contributed by atoms with Gasteiger partial charge in [0.05, 0.1) is 13.2 Å². The van der Waals surface area contributed by atoms with Crippen LogP contribution >= 0.6 is 0 Å². The fourth-order valence-corrected chi connectivity index (χ4v) is 7.47. The minimum absolute atomic E-state index is 0.0505. The Kier molecular flexibility index (Phi) is 6.64. The second kappa shape index (κ2) is 9.65. The molecule has 6 heteroatoms. The third-order valence-corrected chi connectivity index (χ3v) is 8.50. The number of carbonyl (C=O) groups excluding carboxylic acids is 2. The van der Waals surface area contributed by atoms with E-state index in [1.807, 2.05) is 24.0 Å². The molecule has 6 rings (SSSR count). The van der Waals surface area contributed by atoms with Gasteiger partial charge >= 0.3 is 0 Å². The number of nitrogens with zero attached hydrogens (tertiary/aromatic N) is 2. The van der Waals surface area contributed by atoms with Gasteiger partial charge in [0, 0.05) is 39.1 Å². The molecule has 1 aliphatic heterocycles. The Morgan fingerprint density at radius 2 is 1.58 bits per heavy atom. The number of hydrogen-bond acceptors (Lipinski definition) is 4. The van der Waals surface area contributed by atoms with Crippen LogP contribution in [0.25, 0.3) is 0 Å². The lowest BCUT2D eigenvalue weighted by Crippen LogP contribution is -2.51. The topological polar surface area (TPSA) is 61.9 Å². The molecule has 4 aliphatic carbocycles. The number of ether oxygens (including phenoxy) is 1. The molecule has 0 aromatic heterocycles. The summed E-state index contributed by atoms with van der Waals surface area (Å²) < 4.78 is 5.51. The molecule has 0 unspecified atom stereocenters. The molecule has 0 spiro atoms. The number of rotatable bonds is 8. The van der Waals surface area contributed by atoms with Crippen molar-refractivity contribution in [1.82, 2.24) is 15.1 Å². The standard InChI is InChI=1S/C27H39N3O3/c1-2-33-24-5-3-20(4-6-24)19-29-7-9-30(10-8-29)26(32)18-28-25(31)17-27-14-21-11-22(15-27)13-23(12-21)16-27/h3-6,21-23H,2,7-19H2,1H3,(H,28,31). The van der Waals surface area contributed by atoms with E-state index >= 15 is 0 Å². The summed E-state index contributed by atoms with van der Waals surface area (Å²) in [5, 5.41) is 2.97. The van der Waals surface area contributed by atoms with Crippen LogP contribution in [0.15, 0.2) is 24.3 Å². The van der Waals surface area contributed by atoms with Crippen molar-refractivity contribution < 1.29 is 14.3 Å². The molecule has 1 aromatic carbocycles. The first kappa shape index (κ1) is 22.7. The van der Waals surface area contributed by atoms with Crippen LogP contribution in [0, 0.1) is 23.2 Å². The number of piperazine rings is 1. The SMILES string of the molecule is CCOc1ccc(CN2CCN(C(=O)CNC(=O)CC34CC5CC(CC(C5)C3)C4)CC2)cc1. The van der Waals surface area contributed by atoms with Gasteiger partial charge in [0.15, 0.2) is 0 Å². The quantitative estimate of drug-likeness (QED) is 0.655. The highest BCUT2D eigenvalue weighted by Crippen LogP contribution is 2.61. The summed E-state index contributed by atoms with van der Waals surface area (Å²) >= 11 is 0. The van der Waals surface area contributed by atoms with Crippen LogP contribution < -0.4 is 10.1 Å². The molecule has 0 atom stereocenters. The van der Waals surface area contributed by atoms with Crippen LogP contribution in [0.4, 0.5) is 0 Å². The van der Waals surface area contributed by atoms with Crippen molar-refractivity contribution >= 4 is 11.8 Å². The van der Waals surface area contributed by atoms with Gasteiger partial charge in [-0.3, -0.25) is 14.5 Å². The summed E-state index contributed by atoms with van der Waals surface area (Å²) in [5.74, 6) is 3.59. The van der Waals surface area contributed by atoms with Gasteiger partial charge in [-0.2, -0.15) is 0 Å². The van der Waals surface area contributed by atoms with Crippen molar-refractivity contribution in [2.45, 2.75) is 58.4 Å². The number of nitrogens with one attached hydrogen (secondary N) is 1. The van der Waals surface area contributed by atoms with Crippen LogP contribution in [0.5, 0.6) is 5.75 Å². The number of carbonyl (C=O) groups is 2. The van der Waals surface area contributed by atoms with Gasteiger partial charge in [-0.25, -0.2) is 0 Å². The molecule has 5 fully saturated rings. The highest BCUT2D eigenvalue weighted by Gasteiger charge is 2.51. The van der Waals surface area contributed by atoms with Gasteiger partial charge < -0.3 is 15.0 Å². The Morgan fingerprint density at radius 1 is 0.970 bits per heavy atom. The molecule has 4 bridgehead atoms. The maximum atomic E-state index is 12.7. The lowest BCUT2D eigenvalue weighted by molar-refractivity contribution is -0.136. The summed E-state index contributed by atoms with van der Waals surface area (Å²) in [6.07, 6.45) is 8.50. The fourth-order valence-electron chi connectivity index (χ4n) is 7.47. The zero-order chi connectivity index (χ0) is 22.8. The summed E-state index contributed by atoms with van der Waals surface area (Å²) in [5.41, 5.74) is 1.49. The second-order valence-electron chi connectivity index (χ2n) is 11.1. The van der Waals surface area contributed by atoms with Crippen molar-refractivity contribution in [1.29, 1.82) is 0 Å². The molecule has 33 heavy (non-hydrogen) atoms. The minimum Gasteiger partial charge on any atom is -0.494 e. The Hall–Kier alpha value is -2.08. The third-order valence-electron chi connectivity index (χ3n) is 8.50. The lowest BCUT2D eigenvalue weighted by atomic mass is 9.49. The predicted octanol–water partition coefficient (Wildman–Crippen LogP) is 3.45. The normalized spacial score (nSPS) is 30.9. The Morgan fingerprint density at radius 3 is 2.15 bits per heavy atom. The maximum Gasteiger partial charge on any atom is 0.242 e. The molecule has 1 aromatic rings. The molecule has 1 N–H and O–H groups in total. The van der Waals surface area contributed by atoms with Crippen molar-refractivity contribution in [2.24, 2.45) is 23.2 Å². The van der Waals surface area contributed by atoms with Gasteiger partial charge in [-0.1, -0.05) is 12.1 Å². The van der Waals surface area contributed by atoms with Crippen molar-refractivity contribution in [2.75, 3.05) is 39.3 Å². The first-order chi connectivity index (χ1) is 16.0. The van der Waals surface area contributed by atoms with E-state index in [4.69, 9.17) is 4.74 Å². The summed E-state index contributed by atoms with van der Waals surface area (Å²) in [7, 11) is 0. The number of benzene rings is 1. The van der Waals surface area contributed by atoms with E-state index in [-0.39, 0.29) is 23.8 Å². The molecule has 1 heterocycles. The van der Waals surface area contributed by atoms with E-state index in [1.165, 1.54) is 44.1 Å². The molecule has 1 saturated heterocycles. The maximum absolute atomic E-state index is 12.7. The first-order valence-corrected chi connectivity index (χ1v) is 13.0. The van der Waals surface area contributed by atoms with E-state index in [0.717, 1.165) is 56.2 Å². The highest BCUT2D eigenvalue weighted by atomic mass is 16.5. The predicted molar refractivity (Wildman–Crippen MR) is 128 cm³/mol. The van der Waals surface area contributed by atoms with Crippen LogP contribution in [-0.2, 0) is 16.1 Å². The molecular weight excluding hydrogens is 414 g/mol. The van der Waals surface area contributed by atoms with Crippen LogP contribution in [0.3, 0.4) is 0 Å². The van der Waals surface area contributed by atoms with Crippen LogP contribution in [-0.4, -0.2) is 60.9 Å². The minimum atomic E-state index is 0.0505. The van der Waals surface area contributed by atoms with E-state index in [9.17, 15) is 9.59 Å². The molecule has 6 nitrogen and oxygen atoms in total. The Balaban J connectivity index is 1.03. The van der Waals surface area contributed by atoms with Crippen molar-refractivity contribution in [3.8, 4) is 5.75 Å². The zero-order valence-corrected chi connectivity index (χ0v) is 20.1. The van der Waals surface area contributed by atoms with Crippen LogP contribution in [0.1, 0.15) is 57.4 Å². The van der Waals surface area contributed by atoms with Crippen molar-refractivity contribution in [3.63, 3.8) is 0 Å². The van der Waals surface area contributed by atoms with Gasteiger partial charge in [-0.15, -0.1) is 0 Å². The van der Waals surface area contributed by atoms with Gasteiger partial charge in [-0.05, 0) is 86.3 Å². The zero-order valence-electron chi connectivity index (χ0n) is 20.1. The van der Waals surface area contributed by atoms with Gasteiger partial charge in [0.25, 0.3) is 0 Å². The molecule has 2 amide bonds. The van der Waals surface area contributed by atoms with E-state index in [1.54, 1.807) is 0 Å². The highest BCUT2D eigenvalue weighted by molar-refractivity contribution is 5.85. The third kappa shape index (κ3) is 5.37. The summed E-state index contributed by atoms with van der Waals surface area (Å²) in [6.45, 7) is 6.86. The van der Waals surface area contributed by atoms with E-state index in [0.29, 0.717) is 13.0 Å².